The summed E-state index contributed by atoms with van der Waals surface area (Å²) in [5.74, 6) is -3.09. The Hall–Kier alpha value is -4.41. The van der Waals surface area contributed by atoms with Gasteiger partial charge in [0, 0.05) is 29.8 Å². The van der Waals surface area contributed by atoms with E-state index in [1.54, 1.807) is 12.1 Å². The zero-order chi connectivity index (χ0) is 25.6. The molecule has 0 saturated heterocycles. The third-order valence-electron chi connectivity index (χ3n) is 6.32. The van der Waals surface area contributed by atoms with E-state index >= 15 is 0 Å². The molecule has 1 amide bonds. The Bertz CT molecular complexity index is 1400. The van der Waals surface area contributed by atoms with Gasteiger partial charge in [0.15, 0.2) is 5.78 Å². The number of anilines is 2. The number of fused-ring (bicyclic) bond motifs is 1. The van der Waals surface area contributed by atoms with Crippen LogP contribution in [-0.2, 0) is 9.59 Å². The van der Waals surface area contributed by atoms with Gasteiger partial charge in [-0.3, -0.25) is 24.6 Å². The lowest BCUT2D eigenvalue weighted by Gasteiger charge is -2.33. The van der Waals surface area contributed by atoms with Gasteiger partial charge in [-0.15, -0.1) is 0 Å². The van der Waals surface area contributed by atoms with Gasteiger partial charge in [-0.1, -0.05) is 24.3 Å². The van der Waals surface area contributed by atoms with Gasteiger partial charge >= 0.3 is 12.1 Å². The fraction of sp³-hybridized carbons (Fsp3) is 0.200. The van der Waals surface area contributed by atoms with Crippen molar-refractivity contribution in [3.05, 3.63) is 99.6 Å². The largest absolute Gasteiger partial charge is 0.471 e. The molecular weight excluding hydrogens is 479 g/mol. The Morgan fingerprint density at radius 1 is 1.08 bits per heavy atom. The summed E-state index contributed by atoms with van der Waals surface area (Å²) in [5, 5.41) is 14.3. The molecule has 0 radical (unpaired) electrons. The third kappa shape index (κ3) is 4.02. The summed E-state index contributed by atoms with van der Waals surface area (Å²) in [6.45, 7) is 0. The maximum atomic E-state index is 13.8. The van der Waals surface area contributed by atoms with E-state index in [0.29, 0.717) is 16.2 Å². The van der Waals surface area contributed by atoms with Gasteiger partial charge in [-0.25, -0.2) is 0 Å². The van der Waals surface area contributed by atoms with Gasteiger partial charge < -0.3 is 9.73 Å². The lowest BCUT2D eigenvalue weighted by Crippen LogP contribution is -2.45. The van der Waals surface area contributed by atoms with Crippen molar-refractivity contribution in [2.75, 3.05) is 10.2 Å². The molecule has 2 atom stereocenters. The number of nitrogens with one attached hydrogen (secondary N) is 1. The Kier molecular flexibility index (Phi) is 5.62. The van der Waals surface area contributed by atoms with Gasteiger partial charge in [0.2, 0.25) is 0 Å². The highest BCUT2D eigenvalue weighted by molar-refractivity contribution is 6.07. The molecule has 36 heavy (non-hydrogen) atoms. The molecule has 2 aromatic carbocycles. The number of ketones is 1. The van der Waals surface area contributed by atoms with Crippen LogP contribution >= 0.6 is 0 Å². The van der Waals surface area contributed by atoms with Crippen LogP contribution in [0.3, 0.4) is 0 Å². The number of rotatable bonds is 3. The Morgan fingerprint density at radius 2 is 1.86 bits per heavy atom. The fourth-order valence-electron chi connectivity index (χ4n) is 4.79. The number of carbonyl (C=O) groups excluding carboxylic acids is 2. The van der Waals surface area contributed by atoms with Crippen LogP contribution in [0, 0.1) is 10.1 Å². The van der Waals surface area contributed by atoms with E-state index in [0.717, 1.165) is 0 Å². The molecular formula is C25H18F3N3O5. The number of furan rings is 1. The maximum absolute atomic E-state index is 13.8. The van der Waals surface area contributed by atoms with E-state index < -0.39 is 34.7 Å². The second-order valence-electron chi connectivity index (χ2n) is 8.51. The number of Topliss-reactive ketones (excluding diaryl/α,β-unsaturated/α-hetero) is 1. The third-order valence-corrected chi connectivity index (χ3v) is 6.32. The molecule has 5 rings (SSSR count). The van der Waals surface area contributed by atoms with E-state index in [-0.39, 0.29) is 41.2 Å². The van der Waals surface area contributed by atoms with Crippen LogP contribution in [0.25, 0.3) is 0 Å². The number of para-hydroxylation sites is 2. The van der Waals surface area contributed by atoms with Gasteiger partial charge in [0.25, 0.3) is 5.69 Å². The molecule has 11 heteroatoms. The molecule has 0 fully saturated rings. The summed E-state index contributed by atoms with van der Waals surface area (Å²) in [6.07, 6.45) is -3.88. The lowest BCUT2D eigenvalue weighted by atomic mass is 9.79. The minimum Gasteiger partial charge on any atom is -0.467 e. The Morgan fingerprint density at radius 3 is 2.56 bits per heavy atom. The van der Waals surface area contributed by atoms with Crippen molar-refractivity contribution < 1.29 is 32.1 Å². The highest BCUT2D eigenvalue weighted by Gasteiger charge is 2.50. The average Bonchev–Trinajstić information content (AvgIpc) is 3.32. The number of hydrogen-bond acceptors (Lipinski definition) is 6. The first kappa shape index (κ1) is 23.3. The van der Waals surface area contributed by atoms with Crippen LogP contribution in [0.2, 0.25) is 0 Å². The molecule has 0 spiro atoms. The molecule has 3 aromatic rings. The minimum atomic E-state index is -5.22. The van der Waals surface area contributed by atoms with Crippen molar-refractivity contribution in [2.24, 2.45) is 0 Å². The number of nitro groups is 1. The van der Waals surface area contributed by atoms with Gasteiger partial charge in [0.1, 0.15) is 11.8 Å². The highest BCUT2D eigenvalue weighted by Crippen LogP contribution is 2.48. The molecule has 1 aromatic heterocycles. The van der Waals surface area contributed by atoms with Gasteiger partial charge in [0.05, 0.1) is 22.6 Å². The first-order valence-electron chi connectivity index (χ1n) is 11.0. The molecule has 184 valence electrons. The van der Waals surface area contributed by atoms with E-state index in [1.165, 1.54) is 54.8 Å². The van der Waals surface area contributed by atoms with Gasteiger partial charge in [-0.05, 0) is 42.2 Å². The predicted molar refractivity (Wildman–Crippen MR) is 122 cm³/mol. The van der Waals surface area contributed by atoms with Crippen molar-refractivity contribution in [2.45, 2.75) is 31.0 Å². The molecule has 1 aliphatic heterocycles. The molecule has 0 bridgehead atoms. The van der Waals surface area contributed by atoms with E-state index in [2.05, 4.69) is 5.32 Å². The second-order valence-corrected chi connectivity index (χ2v) is 8.51. The first-order valence-corrected chi connectivity index (χ1v) is 11.0. The number of halogens is 3. The molecule has 1 N–H and O–H groups in total. The summed E-state index contributed by atoms with van der Waals surface area (Å²) in [6, 6.07) is 13.3. The molecule has 2 heterocycles. The number of alkyl halides is 3. The van der Waals surface area contributed by atoms with E-state index in [9.17, 15) is 32.9 Å². The second kappa shape index (κ2) is 8.67. The molecule has 2 aliphatic rings. The van der Waals surface area contributed by atoms with Crippen LogP contribution < -0.4 is 10.2 Å². The quantitative estimate of drug-likeness (QED) is 0.370. The van der Waals surface area contributed by atoms with Crippen LogP contribution in [0.4, 0.5) is 30.2 Å². The smallest absolute Gasteiger partial charge is 0.467 e. The SMILES string of the molecule is O=C1C[C@@H](c2cccc([N+](=O)[O-])c2)CC2=C1[C@H](c1ccco1)N(C(=O)C(F)(F)F)c1ccccc1N2. The molecule has 1 aliphatic carbocycles. The molecule has 0 unspecified atom stereocenters. The summed E-state index contributed by atoms with van der Waals surface area (Å²) < 4.78 is 46.8. The number of non-ortho nitro benzene ring substituents is 1. The topological polar surface area (TPSA) is 106 Å². The van der Waals surface area contributed by atoms with Crippen molar-refractivity contribution in [1.82, 2.24) is 0 Å². The molecule has 8 nitrogen and oxygen atoms in total. The monoisotopic (exact) mass is 497 g/mol. The summed E-state index contributed by atoms with van der Waals surface area (Å²) in [5.41, 5.74) is 0.893. The predicted octanol–water partition coefficient (Wildman–Crippen LogP) is 5.65. The number of nitro benzene ring substituents is 1. The van der Waals surface area contributed by atoms with Crippen molar-refractivity contribution >= 4 is 28.8 Å². The van der Waals surface area contributed by atoms with E-state index in [4.69, 9.17) is 4.42 Å². The van der Waals surface area contributed by atoms with Crippen LogP contribution in [0.15, 0.2) is 82.6 Å². The number of carbonyl (C=O) groups is 2. The van der Waals surface area contributed by atoms with Crippen LogP contribution in [0.1, 0.15) is 36.1 Å². The summed E-state index contributed by atoms with van der Waals surface area (Å²) >= 11 is 0. The Labute approximate surface area is 202 Å². The Balaban J connectivity index is 1.68. The number of nitrogens with zero attached hydrogens (tertiary/aromatic N) is 2. The number of hydrogen-bond donors (Lipinski definition) is 1. The van der Waals surface area contributed by atoms with Crippen LogP contribution in [0.5, 0.6) is 0 Å². The fourth-order valence-corrected chi connectivity index (χ4v) is 4.79. The first-order chi connectivity index (χ1) is 17.1. The molecule has 0 saturated carbocycles. The standard InChI is InChI=1S/C25H18F3N3O5/c26-25(27,28)24(33)30-19-8-2-1-7-17(19)29-18-12-15(14-5-3-6-16(11-14)31(34)35)13-20(32)22(18)23(30)21-9-4-10-36-21/h1-11,15,23,29H,12-13H2/t15-,23-/m0/s1. The van der Waals surface area contributed by atoms with Crippen molar-refractivity contribution in [1.29, 1.82) is 0 Å². The lowest BCUT2D eigenvalue weighted by molar-refractivity contribution is -0.384. The van der Waals surface area contributed by atoms with Crippen molar-refractivity contribution in [3.63, 3.8) is 0 Å². The zero-order valence-electron chi connectivity index (χ0n) is 18.5. The average molecular weight is 497 g/mol. The minimum absolute atomic E-state index is 0.000696. The maximum Gasteiger partial charge on any atom is 0.471 e. The van der Waals surface area contributed by atoms with Crippen molar-refractivity contribution in [3.8, 4) is 0 Å². The number of amides is 1. The summed E-state index contributed by atoms with van der Waals surface area (Å²) in [4.78, 5) is 37.6. The zero-order valence-corrected chi connectivity index (χ0v) is 18.5. The highest BCUT2D eigenvalue weighted by atomic mass is 19.4. The number of benzene rings is 2. The normalized spacial score (nSPS) is 19.8. The van der Waals surface area contributed by atoms with Crippen LogP contribution in [-0.4, -0.2) is 22.8 Å². The van der Waals surface area contributed by atoms with Gasteiger partial charge in [-0.2, -0.15) is 13.2 Å². The summed E-state index contributed by atoms with van der Waals surface area (Å²) in [7, 11) is 0. The number of allylic oxidation sites excluding steroid dienone is 1. The van der Waals surface area contributed by atoms with E-state index in [1.807, 2.05) is 0 Å².